The average Bonchev–Trinajstić information content (AvgIpc) is 2.20. The molecule has 2 amide bonds. The summed E-state index contributed by atoms with van der Waals surface area (Å²) in [5.41, 5.74) is 7.26. The summed E-state index contributed by atoms with van der Waals surface area (Å²) < 4.78 is 0. The van der Waals surface area contributed by atoms with Crippen molar-refractivity contribution in [2.45, 2.75) is 0 Å². The number of rotatable bonds is 1. The molecule has 1 rings (SSSR count). The highest BCUT2D eigenvalue weighted by atomic mass is 16.2. The van der Waals surface area contributed by atoms with E-state index in [9.17, 15) is 4.79 Å². The maximum Gasteiger partial charge on any atom is 0.326 e. The molecule has 5 N–H and O–H groups in total. The van der Waals surface area contributed by atoms with Crippen molar-refractivity contribution in [1.82, 2.24) is 5.43 Å². The van der Waals surface area contributed by atoms with Crippen molar-refractivity contribution in [2.24, 2.45) is 11.6 Å². The number of amides is 2. The summed E-state index contributed by atoms with van der Waals surface area (Å²) in [7, 11) is 0. The molecule has 0 spiro atoms. The molecular weight excluding hydrogens is 166 g/mol. The smallest absolute Gasteiger partial charge is 0.326 e. The second kappa shape index (κ2) is 6.87. The Morgan fingerprint density at radius 3 is 2.08 bits per heavy atom. The fourth-order valence-corrected chi connectivity index (χ4v) is 0.589. The van der Waals surface area contributed by atoms with E-state index < -0.39 is 6.03 Å². The molecule has 4 nitrogen and oxygen atoms in total. The van der Waals surface area contributed by atoms with E-state index >= 15 is 0 Å². The van der Waals surface area contributed by atoms with Crippen LogP contribution in [-0.2, 0) is 0 Å². The van der Waals surface area contributed by atoms with Gasteiger partial charge in [0.25, 0.3) is 0 Å². The van der Waals surface area contributed by atoms with Gasteiger partial charge in [-0.05, 0) is 5.56 Å². The third-order valence-corrected chi connectivity index (χ3v) is 1.18. The van der Waals surface area contributed by atoms with Gasteiger partial charge in [-0.1, -0.05) is 43.0 Å². The monoisotopic (exact) mass is 179 g/mol. The van der Waals surface area contributed by atoms with Gasteiger partial charge in [0.05, 0.1) is 0 Å². The van der Waals surface area contributed by atoms with Crippen LogP contribution in [0.5, 0.6) is 0 Å². The molecule has 0 saturated heterocycles. The molecule has 0 bridgehead atoms. The Morgan fingerprint density at radius 2 is 1.85 bits per heavy atom. The van der Waals surface area contributed by atoms with E-state index in [1.165, 1.54) is 5.56 Å². The number of primary amides is 1. The minimum Gasteiger partial charge on any atom is -0.351 e. The van der Waals surface area contributed by atoms with Gasteiger partial charge < -0.3 is 5.73 Å². The summed E-state index contributed by atoms with van der Waals surface area (Å²) >= 11 is 0. The fourth-order valence-electron chi connectivity index (χ4n) is 0.589. The molecule has 70 valence electrons. The Bertz CT molecular complexity index is 259. The highest BCUT2D eigenvalue weighted by Crippen LogP contribution is 1.97. The molecule has 0 aromatic heterocycles. The van der Waals surface area contributed by atoms with Crippen LogP contribution in [-0.4, -0.2) is 6.03 Å². The Morgan fingerprint density at radius 1 is 1.38 bits per heavy atom. The Hall–Kier alpha value is -1.81. The van der Waals surface area contributed by atoms with Crippen LogP contribution in [0, 0.1) is 0 Å². The summed E-state index contributed by atoms with van der Waals surface area (Å²) in [4.78, 5) is 9.35. The van der Waals surface area contributed by atoms with E-state index in [0.29, 0.717) is 0 Å². The minimum absolute atomic E-state index is 0.718. The lowest BCUT2D eigenvalue weighted by Gasteiger charge is -1.85. The number of carbonyl (C=O) groups is 1. The van der Waals surface area contributed by atoms with Gasteiger partial charge in [0.2, 0.25) is 0 Å². The number of nitrogens with one attached hydrogen (secondary N) is 1. The van der Waals surface area contributed by atoms with Crippen LogP contribution < -0.4 is 17.0 Å². The van der Waals surface area contributed by atoms with Crippen molar-refractivity contribution in [3.05, 3.63) is 42.5 Å². The molecule has 13 heavy (non-hydrogen) atoms. The SMILES string of the molecule is C=Cc1ccccc1.NNC(N)=O. The standard InChI is InChI=1S/C8H8.CH5N3O/c1-2-8-6-4-3-5-7-8;2-1(5)4-3/h2-7H,1H2;3H2,(H3,2,4,5). The zero-order valence-electron chi connectivity index (χ0n) is 7.23. The van der Waals surface area contributed by atoms with Crippen LogP contribution in [0.25, 0.3) is 6.08 Å². The quantitative estimate of drug-likeness (QED) is 0.339. The van der Waals surface area contributed by atoms with Crippen LogP contribution in [0.1, 0.15) is 5.56 Å². The normalized spacial score (nSPS) is 7.77. The summed E-state index contributed by atoms with van der Waals surface area (Å²) in [5.74, 6) is 4.45. The van der Waals surface area contributed by atoms with Crippen molar-refractivity contribution in [3.8, 4) is 0 Å². The number of hydrogen-bond acceptors (Lipinski definition) is 2. The largest absolute Gasteiger partial charge is 0.351 e. The second-order valence-corrected chi connectivity index (χ2v) is 2.12. The molecule has 0 saturated carbocycles. The summed E-state index contributed by atoms with van der Waals surface area (Å²) in [6.07, 6.45) is 1.83. The molecule has 0 aliphatic carbocycles. The van der Waals surface area contributed by atoms with Gasteiger partial charge in [-0.3, -0.25) is 5.43 Å². The first-order valence-corrected chi connectivity index (χ1v) is 3.64. The van der Waals surface area contributed by atoms with Gasteiger partial charge in [0.1, 0.15) is 0 Å². The molecule has 4 heteroatoms. The molecule has 0 atom stereocenters. The molecule has 0 heterocycles. The van der Waals surface area contributed by atoms with E-state index in [2.05, 4.69) is 18.2 Å². The predicted molar refractivity (Wildman–Crippen MR) is 53.4 cm³/mol. The molecular formula is C9H13N3O. The highest BCUT2D eigenvalue weighted by Gasteiger charge is 1.75. The van der Waals surface area contributed by atoms with Gasteiger partial charge in [0, 0.05) is 0 Å². The first-order valence-electron chi connectivity index (χ1n) is 3.64. The maximum absolute atomic E-state index is 9.35. The number of urea groups is 1. The van der Waals surface area contributed by atoms with Crippen molar-refractivity contribution in [1.29, 1.82) is 0 Å². The van der Waals surface area contributed by atoms with Crippen molar-refractivity contribution in [2.75, 3.05) is 0 Å². The Labute approximate surface area is 77.2 Å². The number of hydrogen-bond donors (Lipinski definition) is 3. The molecule has 1 aromatic carbocycles. The predicted octanol–water partition coefficient (Wildman–Crippen LogP) is 0.858. The van der Waals surface area contributed by atoms with Gasteiger partial charge in [-0.25, -0.2) is 10.6 Å². The van der Waals surface area contributed by atoms with E-state index in [1.807, 2.05) is 36.4 Å². The van der Waals surface area contributed by atoms with Crippen LogP contribution in [0.4, 0.5) is 4.79 Å². The lowest BCUT2D eigenvalue weighted by molar-refractivity contribution is 0.249. The van der Waals surface area contributed by atoms with Crippen molar-refractivity contribution < 1.29 is 4.79 Å². The Kier molecular flexibility index (Phi) is 5.92. The molecule has 0 fully saturated rings. The summed E-state index contributed by atoms with van der Waals surface area (Å²) in [6, 6.07) is 9.31. The maximum atomic E-state index is 9.35. The second-order valence-electron chi connectivity index (χ2n) is 2.12. The molecule has 0 aliphatic heterocycles. The first-order chi connectivity index (χ1) is 6.20. The van der Waals surface area contributed by atoms with Crippen LogP contribution in [0.15, 0.2) is 36.9 Å². The van der Waals surface area contributed by atoms with Crippen LogP contribution >= 0.6 is 0 Å². The fraction of sp³-hybridized carbons (Fsp3) is 0. The number of hydrazine groups is 1. The van der Waals surface area contributed by atoms with E-state index in [-0.39, 0.29) is 0 Å². The molecule has 1 aromatic rings. The third kappa shape index (κ3) is 6.58. The van der Waals surface area contributed by atoms with Gasteiger partial charge in [-0.15, -0.1) is 0 Å². The average molecular weight is 179 g/mol. The van der Waals surface area contributed by atoms with Gasteiger partial charge in [0.15, 0.2) is 0 Å². The van der Waals surface area contributed by atoms with Gasteiger partial charge in [-0.2, -0.15) is 0 Å². The lowest BCUT2D eigenvalue weighted by Crippen LogP contribution is -2.34. The topological polar surface area (TPSA) is 81.1 Å². The zero-order valence-corrected chi connectivity index (χ0v) is 7.23. The number of benzene rings is 1. The third-order valence-electron chi connectivity index (χ3n) is 1.18. The number of nitrogens with two attached hydrogens (primary N) is 2. The molecule has 0 radical (unpaired) electrons. The molecule has 0 unspecified atom stereocenters. The van der Waals surface area contributed by atoms with Gasteiger partial charge >= 0.3 is 6.03 Å². The highest BCUT2D eigenvalue weighted by molar-refractivity contribution is 5.70. The van der Waals surface area contributed by atoms with Crippen molar-refractivity contribution in [3.63, 3.8) is 0 Å². The Balaban J connectivity index is 0.000000252. The first kappa shape index (κ1) is 11.2. The van der Waals surface area contributed by atoms with E-state index in [4.69, 9.17) is 0 Å². The number of carbonyl (C=O) groups excluding carboxylic acids is 1. The van der Waals surface area contributed by atoms with Crippen molar-refractivity contribution >= 4 is 12.1 Å². The molecule has 0 aliphatic rings. The van der Waals surface area contributed by atoms with E-state index in [0.717, 1.165) is 0 Å². The minimum atomic E-state index is -0.718. The zero-order chi connectivity index (χ0) is 10.1. The summed E-state index contributed by atoms with van der Waals surface area (Å²) in [6.45, 7) is 3.63. The van der Waals surface area contributed by atoms with E-state index in [1.54, 1.807) is 5.43 Å². The summed E-state index contributed by atoms with van der Waals surface area (Å²) in [5, 5.41) is 0. The van der Waals surface area contributed by atoms with Crippen LogP contribution in [0.2, 0.25) is 0 Å². The van der Waals surface area contributed by atoms with Crippen LogP contribution in [0.3, 0.4) is 0 Å². The lowest BCUT2D eigenvalue weighted by atomic mass is 10.2.